The van der Waals surface area contributed by atoms with Gasteiger partial charge < -0.3 is 14.8 Å². The molecule has 1 amide bonds. The van der Waals surface area contributed by atoms with Crippen molar-refractivity contribution in [3.63, 3.8) is 0 Å². The molecule has 1 aromatic carbocycles. The number of amides is 1. The fourth-order valence-electron chi connectivity index (χ4n) is 4.13. The zero-order chi connectivity index (χ0) is 17.0. The molecule has 2 atom stereocenters. The molecule has 24 heavy (non-hydrogen) atoms. The molecule has 2 aliphatic heterocycles. The van der Waals surface area contributed by atoms with Gasteiger partial charge in [0.15, 0.2) is 0 Å². The van der Waals surface area contributed by atoms with Crippen molar-refractivity contribution in [2.24, 2.45) is 5.92 Å². The number of hydrogen-bond donors (Lipinski definition) is 1. The van der Waals surface area contributed by atoms with Crippen molar-refractivity contribution in [1.29, 1.82) is 0 Å². The summed E-state index contributed by atoms with van der Waals surface area (Å²) in [4.78, 5) is 12.7. The summed E-state index contributed by atoms with van der Waals surface area (Å²) >= 11 is 0. The zero-order valence-electron chi connectivity index (χ0n) is 14.8. The first-order valence-corrected chi connectivity index (χ1v) is 9.16. The number of carbonyl (C=O) groups is 1. The van der Waals surface area contributed by atoms with E-state index in [9.17, 15) is 4.79 Å². The van der Waals surface area contributed by atoms with E-state index in [1.807, 2.05) is 6.92 Å². The number of hydrogen-bond acceptors (Lipinski definition) is 3. The van der Waals surface area contributed by atoms with Crippen molar-refractivity contribution in [2.45, 2.75) is 51.0 Å². The molecule has 0 saturated carbocycles. The van der Waals surface area contributed by atoms with Crippen molar-refractivity contribution in [3.8, 4) is 0 Å². The Morgan fingerprint density at radius 2 is 2.00 bits per heavy atom. The number of nitrogens with one attached hydrogen (secondary N) is 1. The lowest BCUT2D eigenvalue weighted by molar-refractivity contribution is -0.133. The summed E-state index contributed by atoms with van der Waals surface area (Å²) in [5.41, 5.74) is 2.63. The molecule has 2 unspecified atom stereocenters. The topological polar surface area (TPSA) is 47.6 Å². The third-order valence-corrected chi connectivity index (χ3v) is 5.71. The predicted molar refractivity (Wildman–Crippen MR) is 94.1 cm³/mol. The summed E-state index contributed by atoms with van der Waals surface area (Å²) in [6.45, 7) is 7.14. The quantitative estimate of drug-likeness (QED) is 0.923. The summed E-state index contributed by atoms with van der Waals surface area (Å²) in [7, 11) is 0. The van der Waals surface area contributed by atoms with Crippen molar-refractivity contribution in [1.82, 2.24) is 5.32 Å². The Morgan fingerprint density at radius 1 is 1.25 bits per heavy atom. The maximum atomic E-state index is 12.7. The summed E-state index contributed by atoms with van der Waals surface area (Å²) in [5, 5.41) is 3.24. The molecule has 0 aromatic heterocycles. The van der Waals surface area contributed by atoms with E-state index in [4.69, 9.17) is 9.47 Å². The van der Waals surface area contributed by atoms with Gasteiger partial charge in [-0.2, -0.15) is 0 Å². The highest BCUT2D eigenvalue weighted by molar-refractivity contribution is 5.79. The van der Waals surface area contributed by atoms with E-state index >= 15 is 0 Å². The van der Waals surface area contributed by atoms with Gasteiger partial charge >= 0.3 is 0 Å². The van der Waals surface area contributed by atoms with Crippen molar-refractivity contribution in [3.05, 3.63) is 35.4 Å². The van der Waals surface area contributed by atoms with Crippen molar-refractivity contribution < 1.29 is 14.3 Å². The number of aryl methyl sites for hydroxylation is 1. The van der Waals surface area contributed by atoms with E-state index in [0.29, 0.717) is 6.54 Å². The second-order valence-corrected chi connectivity index (χ2v) is 7.25. The van der Waals surface area contributed by atoms with Crippen LogP contribution in [0.15, 0.2) is 24.3 Å². The van der Waals surface area contributed by atoms with Crippen LogP contribution < -0.4 is 5.32 Å². The van der Waals surface area contributed by atoms with Gasteiger partial charge in [0.1, 0.15) is 0 Å². The molecule has 2 fully saturated rings. The average Bonchev–Trinajstić information content (AvgIpc) is 2.61. The Hall–Kier alpha value is -1.39. The van der Waals surface area contributed by atoms with Crippen molar-refractivity contribution >= 4 is 5.91 Å². The molecule has 2 saturated heterocycles. The van der Waals surface area contributed by atoms with Crippen LogP contribution in [0.5, 0.6) is 0 Å². The normalized spacial score (nSPS) is 26.8. The monoisotopic (exact) mass is 331 g/mol. The molecule has 1 N–H and O–H groups in total. The molecular formula is C20H29NO3. The van der Waals surface area contributed by atoms with Crippen LogP contribution in [-0.4, -0.2) is 38.4 Å². The molecule has 0 radical (unpaired) electrons. The summed E-state index contributed by atoms with van der Waals surface area (Å²) in [6, 6.07) is 8.54. The third kappa shape index (κ3) is 3.65. The number of rotatable bonds is 4. The predicted octanol–water partition coefficient (Wildman–Crippen LogP) is 2.97. The van der Waals surface area contributed by atoms with Gasteiger partial charge in [-0.25, -0.2) is 0 Å². The molecule has 0 bridgehead atoms. The Morgan fingerprint density at radius 3 is 2.71 bits per heavy atom. The Balaban J connectivity index is 1.73. The van der Waals surface area contributed by atoms with Gasteiger partial charge in [0, 0.05) is 31.8 Å². The van der Waals surface area contributed by atoms with Gasteiger partial charge in [0.2, 0.25) is 5.91 Å². The SMILES string of the molecule is Cc1ccccc1C1(CNC(=O)C2CCCOC2C)CCOCC1. The lowest BCUT2D eigenvalue weighted by atomic mass is 9.72. The third-order valence-electron chi connectivity index (χ3n) is 5.71. The van der Waals surface area contributed by atoms with Gasteiger partial charge in [-0.1, -0.05) is 24.3 Å². The molecule has 1 aromatic rings. The first-order valence-electron chi connectivity index (χ1n) is 9.16. The summed E-state index contributed by atoms with van der Waals surface area (Å²) in [5.74, 6) is 0.120. The molecule has 0 aliphatic carbocycles. The minimum atomic E-state index is -0.0208. The Labute approximate surface area is 144 Å². The average molecular weight is 331 g/mol. The molecular weight excluding hydrogens is 302 g/mol. The minimum absolute atomic E-state index is 0.0159. The highest BCUT2D eigenvalue weighted by Gasteiger charge is 2.37. The zero-order valence-corrected chi connectivity index (χ0v) is 14.8. The largest absolute Gasteiger partial charge is 0.381 e. The first-order chi connectivity index (χ1) is 11.6. The molecule has 2 heterocycles. The van der Waals surface area contributed by atoms with E-state index in [1.54, 1.807) is 0 Å². The van der Waals surface area contributed by atoms with Crippen LogP contribution in [0.1, 0.15) is 43.7 Å². The molecule has 4 nitrogen and oxygen atoms in total. The van der Waals surface area contributed by atoms with Gasteiger partial charge in [-0.3, -0.25) is 4.79 Å². The standard InChI is InChI=1S/C20H29NO3/c1-15-6-3-4-8-18(15)20(9-12-23-13-10-20)14-21-19(22)17-7-5-11-24-16(17)2/h3-4,6,8,16-17H,5,7,9-14H2,1-2H3,(H,21,22). The second-order valence-electron chi connectivity index (χ2n) is 7.25. The van der Waals surface area contributed by atoms with Gasteiger partial charge in [0.05, 0.1) is 12.0 Å². The summed E-state index contributed by atoms with van der Waals surface area (Å²) in [6.07, 6.45) is 3.82. The van der Waals surface area contributed by atoms with E-state index in [0.717, 1.165) is 45.5 Å². The highest BCUT2D eigenvalue weighted by atomic mass is 16.5. The maximum Gasteiger partial charge on any atom is 0.225 e. The molecule has 4 heteroatoms. The minimum Gasteiger partial charge on any atom is -0.381 e. The second kappa shape index (κ2) is 7.66. The van der Waals surface area contributed by atoms with Crippen LogP contribution in [0.25, 0.3) is 0 Å². The summed E-state index contributed by atoms with van der Waals surface area (Å²) < 4.78 is 11.2. The number of carbonyl (C=O) groups excluding carboxylic acids is 1. The maximum absolute atomic E-state index is 12.7. The van der Waals surface area contributed by atoms with Gasteiger partial charge in [-0.05, 0) is 50.7 Å². The van der Waals surface area contributed by atoms with Crippen LogP contribution in [-0.2, 0) is 19.7 Å². The van der Waals surface area contributed by atoms with Crippen LogP contribution in [0.3, 0.4) is 0 Å². The number of benzene rings is 1. The van der Waals surface area contributed by atoms with E-state index in [1.165, 1.54) is 11.1 Å². The van der Waals surface area contributed by atoms with Crippen LogP contribution in [0.2, 0.25) is 0 Å². The fraction of sp³-hybridized carbons (Fsp3) is 0.650. The highest BCUT2D eigenvalue weighted by Crippen LogP contribution is 2.36. The lowest BCUT2D eigenvalue weighted by Gasteiger charge is -2.39. The van der Waals surface area contributed by atoms with E-state index < -0.39 is 0 Å². The van der Waals surface area contributed by atoms with Crippen LogP contribution in [0, 0.1) is 12.8 Å². The number of ether oxygens (including phenoxy) is 2. The van der Waals surface area contributed by atoms with Crippen LogP contribution >= 0.6 is 0 Å². The van der Waals surface area contributed by atoms with E-state index in [-0.39, 0.29) is 23.3 Å². The van der Waals surface area contributed by atoms with Crippen molar-refractivity contribution in [2.75, 3.05) is 26.4 Å². The molecule has 2 aliphatic rings. The first kappa shape index (κ1) is 17.4. The van der Waals surface area contributed by atoms with Gasteiger partial charge in [0.25, 0.3) is 0 Å². The Bertz CT molecular complexity index is 566. The fourth-order valence-corrected chi connectivity index (χ4v) is 4.13. The van der Waals surface area contributed by atoms with Crippen LogP contribution in [0.4, 0.5) is 0 Å². The smallest absolute Gasteiger partial charge is 0.225 e. The van der Waals surface area contributed by atoms with Gasteiger partial charge in [-0.15, -0.1) is 0 Å². The van der Waals surface area contributed by atoms with E-state index in [2.05, 4.69) is 36.5 Å². The molecule has 0 spiro atoms. The lowest BCUT2D eigenvalue weighted by Crippen LogP contribution is -2.48. The molecule has 3 rings (SSSR count). The Kier molecular flexibility index (Phi) is 5.57. The molecule has 132 valence electrons.